The molecule has 7 heteroatoms. The molecule has 0 bridgehead atoms. The Kier molecular flexibility index (Phi) is 4.82. The van der Waals surface area contributed by atoms with Crippen molar-refractivity contribution < 1.29 is 22.7 Å². The van der Waals surface area contributed by atoms with E-state index < -0.39 is 17.4 Å². The first-order valence-electron chi connectivity index (χ1n) is 6.33. The van der Waals surface area contributed by atoms with Crippen LogP contribution in [0.4, 0.5) is 13.2 Å². The van der Waals surface area contributed by atoms with Crippen LogP contribution in [0.15, 0.2) is 30.5 Å². The number of para-hydroxylation sites is 1. The molecule has 1 heterocycles. The van der Waals surface area contributed by atoms with E-state index in [0.29, 0.717) is 22.7 Å². The lowest BCUT2D eigenvalue weighted by Gasteiger charge is -2.19. The van der Waals surface area contributed by atoms with E-state index in [1.807, 2.05) is 0 Å². The van der Waals surface area contributed by atoms with Gasteiger partial charge in [-0.05, 0) is 18.6 Å². The van der Waals surface area contributed by atoms with Crippen LogP contribution >= 0.6 is 11.8 Å². The summed E-state index contributed by atoms with van der Waals surface area (Å²) in [6.07, 6.45) is -3.09. The molecule has 0 saturated heterocycles. The average molecular weight is 317 g/mol. The summed E-state index contributed by atoms with van der Waals surface area (Å²) in [7, 11) is 0. The van der Waals surface area contributed by atoms with Gasteiger partial charge in [0.05, 0.1) is 12.4 Å². The Morgan fingerprint density at radius 3 is 2.76 bits per heavy atom. The first-order valence-corrected chi connectivity index (χ1v) is 7.38. The molecule has 0 unspecified atom stereocenters. The summed E-state index contributed by atoms with van der Waals surface area (Å²) in [6, 6.07) is 6.77. The molecule has 0 amide bonds. The predicted octanol–water partition coefficient (Wildman–Crippen LogP) is 4.07. The van der Waals surface area contributed by atoms with Crippen LogP contribution in [-0.2, 0) is 9.53 Å². The Morgan fingerprint density at radius 2 is 2.10 bits per heavy atom. The van der Waals surface area contributed by atoms with Crippen LogP contribution in [0.5, 0.6) is 0 Å². The van der Waals surface area contributed by atoms with Gasteiger partial charge in [0.15, 0.2) is 0 Å². The molecular weight excluding hydrogens is 303 g/mol. The predicted molar refractivity (Wildman–Crippen MR) is 76.2 cm³/mol. The van der Waals surface area contributed by atoms with Crippen LogP contribution in [0.1, 0.15) is 17.7 Å². The molecule has 0 saturated carbocycles. The van der Waals surface area contributed by atoms with Gasteiger partial charge in [-0.25, -0.2) is 0 Å². The minimum absolute atomic E-state index is 0.132. The monoisotopic (exact) mass is 317 g/mol. The van der Waals surface area contributed by atoms with Gasteiger partial charge in [0.2, 0.25) is 0 Å². The van der Waals surface area contributed by atoms with Crippen molar-refractivity contribution >= 4 is 28.6 Å². The van der Waals surface area contributed by atoms with Gasteiger partial charge in [0.25, 0.3) is 0 Å². The quantitative estimate of drug-likeness (QED) is 0.845. The first kappa shape index (κ1) is 15.8. The number of aromatic amines is 1. The van der Waals surface area contributed by atoms with E-state index in [9.17, 15) is 18.0 Å². The van der Waals surface area contributed by atoms with Gasteiger partial charge >= 0.3 is 12.1 Å². The Bertz CT molecular complexity index is 624. The number of halogens is 3. The summed E-state index contributed by atoms with van der Waals surface area (Å²) in [5.74, 6) is -0.978. The molecule has 1 N–H and O–H groups in total. The van der Waals surface area contributed by atoms with E-state index in [0.717, 1.165) is 0 Å². The lowest BCUT2D eigenvalue weighted by molar-refractivity contribution is -0.140. The van der Waals surface area contributed by atoms with Crippen LogP contribution in [0.3, 0.4) is 0 Å². The van der Waals surface area contributed by atoms with E-state index in [1.54, 1.807) is 31.2 Å². The molecule has 0 radical (unpaired) electrons. The molecular formula is C14H14F3NO2S. The third-order valence-corrected chi connectivity index (χ3v) is 4.13. The maximum atomic E-state index is 13.3. The number of ether oxygens (including phenoxy) is 1. The molecule has 1 aromatic heterocycles. The number of nitrogens with one attached hydrogen (secondary N) is 1. The summed E-state index contributed by atoms with van der Waals surface area (Å²) in [6.45, 7) is 1.77. The van der Waals surface area contributed by atoms with Gasteiger partial charge in [-0.3, -0.25) is 4.79 Å². The third-order valence-electron chi connectivity index (χ3n) is 2.87. The number of carbonyl (C=O) groups excluding carboxylic acids is 1. The number of benzene rings is 1. The van der Waals surface area contributed by atoms with Gasteiger partial charge in [0.1, 0.15) is 5.25 Å². The van der Waals surface area contributed by atoms with E-state index in [1.165, 1.54) is 6.20 Å². The molecule has 1 atom stereocenters. The van der Waals surface area contributed by atoms with Gasteiger partial charge in [-0.15, -0.1) is 11.8 Å². The summed E-state index contributed by atoms with van der Waals surface area (Å²) in [5, 5.41) is -1.26. The number of carbonyl (C=O) groups is 1. The number of hydrogen-bond acceptors (Lipinski definition) is 3. The smallest absolute Gasteiger partial charge is 0.404 e. The number of alkyl halides is 3. The zero-order valence-corrected chi connectivity index (χ0v) is 12.1. The fourth-order valence-electron chi connectivity index (χ4n) is 2.03. The van der Waals surface area contributed by atoms with Crippen molar-refractivity contribution in [3.63, 3.8) is 0 Å². The zero-order chi connectivity index (χ0) is 15.5. The SMILES string of the molecule is CCOC(=O)CS[C@@H](c1c[nH]c2ccccc12)C(F)(F)F. The molecule has 0 aliphatic heterocycles. The minimum Gasteiger partial charge on any atom is -0.465 e. The Labute approximate surface area is 123 Å². The average Bonchev–Trinajstić information content (AvgIpc) is 2.82. The van der Waals surface area contributed by atoms with Crippen LogP contribution < -0.4 is 0 Å². The maximum Gasteiger partial charge on any atom is 0.404 e. The van der Waals surface area contributed by atoms with E-state index in [-0.39, 0.29) is 17.9 Å². The van der Waals surface area contributed by atoms with Gasteiger partial charge in [0, 0.05) is 17.1 Å². The first-order chi connectivity index (χ1) is 9.93. The molecule has 114 valence electrons. The fourth-order valence-corrected chi connectivity index (χ4v) is 2.98. The van der Waals surface area contributed by atoms with Crippen LogP contribution in [0.25, 0.3) is 10.9 Å². The van der Waals surface area contributed by atoms with Gasteiger partial charge in [-0.2, -0.15) is 13.2 Å². The Balaban J connectivity index is 2.26. The summed E-state index contributed by atoms with van der Waals surface area (Å²) < 4.78 is 44.5. The third kappa shape index (κ3) is 3.72. The molecule has 0 spiro atoms. The summed E-state index contributed by atoms with van der Waals surface area (Å²) in [4.78, 5) is 14.1. The lowest BCUT2D eigenvalue weighted by atomic mass is 10.1. The van der Waals surface area contributed by atoms with Crippen LogP contribution in [0, 0.1) is 0 Å². The maximum absolute atomic E-state index is 13.3. The lowest BCUT2D eigenvalue weighted by Crippen LogP contribution is -2.20. The number of aromatic nitrogens is 1. The number of hydrogen-bond donors (Lipinski definition) is 1. The van der Waals surface area contributed by atoms with E-state index >= 15 is 0 Å². The highest BCUT2D eigenvalue weighted by Gasteiger charge is 2.42. The summed E-state index contributed by atoms with van der Waals surface area (Å²) in [5.41, 5.74) is 0.769. The molecule has 21 heavy (non-hydrogen) atoms. The van der Waals surface area contributed by atoms with Crippen molar-refractivity contribution in [1.29, 1.82) is 0 Å². The minimum atomic E-state index is -4.44. The van der Waals surface area contributed by atoms with E-state index in [2.05, 4.69) is 9.72 Å². The van der Waals surface area contributed by atoms with E-state index in [4.69, 9.17) is 0 Å². The second-order valence-corrected chi connectivity index (χ2v) is 5.42. The molecule has 1 aromatic carbocycles. The normalized spacial score (nSPS) is 13.3. The highest BCUT2D eigenvalue weighted by Crippen LogP contribution is 2.45. The Hall–Kier alpha value is -1.63. The number of thioether (sulfide) groups is 1. The Morgan fingerprint density at radius 1 is 1.38 bits per heavy atom. The van der Waals surface area contributed by atoms with Crippen LogP contribution in [0.2, 0.25) is 0 Å². The van der Waals surface area contributed by atoms with Crippen molar-refractivity contribution in [2.45, 2.75) is 18.3 Å². The molecule has 0 aliphatic carbocycles. The van der Waals surface area contributed by atoms with Crippen molar-refractivity contribution in [2.75, 3.05) is 12.4 Å². The molecule has 2 aromatic rings. The number of fused-ring (bicyclic) bond motifs is 1. The van der Waals surface area contributed by atoms with Crippen LogP contribution in [-0.4, -0.2) is 29.5 Å². The molecule has 0 fully saturated rings. The second kappa shape index (κ2) is 6.43. The highest BCUT2D eigenvalue weighted by atomic mass is 32.2. The highest BCUT2D eigenvalue weighted by molar-refractivity contribution is 8.00. The largest absolute Gasteiger partial charge is 0.465 e. The van der Waals surface area contributed by atoms with Gasteiger partial charge < -0.3 is 9.72 Å². The fraction of sp³-hybridized carbons (Fsp3) is 0.357. The number of esters is 1. The molecule has 0 aliphatic rings. The van der Waals surface area contributed by atoms with Crippen molar-refractivity contribution in [3.05, 3.63) is 36.0 Å². The van der Waals surface area contributed by atoms with Gasteiger partial charge in [-0.1, -0.05) is 18.2 Å². The number of H-pyrrole nitrogens is 1. The van der Waals surface area contributed by atoms with Crippen molar-refractivity contribution in [2.24, 2.45) is 0 Å². The summed E-state index contributed by atoms with van der Waals surface area (Å²) >= 11 is 0.530. The molecule has 2 rings (SSSR count). The number of rotatable bonds is 5. The standard InChI is InChI=1S/C14H14F3NO2S/c1-2-20-12(19)8-21-13(14(15,16)17)10-7-18-11-6-4-3-5-9(10)11/h3-7,13,18H,2,8H2,1H3/t13-/m0/s1. The topological polar surface area (TPSA) is 42.1 Å². The second-order valence-electron chi connectivity index (χ2n) is 4.33. The van der Waals surface area contributed by atoms with Crippen molar-refractivity contribution in [3.8, 4) is 0 Å². The van der Waals surface area contributed by atoms with Crippen molar-refractivity contribution in [1.82, 2.24) is 4.98 Å². The zero-order valence-electron chi connectivity index (χ0n) is 11.2. The molecule has 3 nitrogen and oxygen atoms in total.